The highest BCUT2D eigenvalue weighted by Gasteiger charge is 2.69. The smallest absolute Gasteiger partial charge is 0.177 e. The van der Waals surface area contributed by atoms with E-state index in [0.717, 1.165) is 44.1 Å². The van der Waals surface area contributed by atoms with E-state index in [1.807, 2.05) is 0 Å². The van der Waals surface area contributed by atoms with E-state index >= 15 is 0 Å². The predicted molar refractivity (Wildman–Crippen MR) is 145 cm³/mol. The summed E-state index contributed by atoms with van der Waals surface area (Å²) in [6, 6.07) is 8.83. The van der Waals surface area contributed by atoms with Gasteiger partial charge in [0.25, 0.3) is 0 Å². The molecule has 1 aromatic carbocycles. The van der Waals surface area contributed by atoms with Gasteiger partial charge in [-0.2, -0.15) is 0 Å². The summed E-state index contributed by atoms with van der Waals surface area (Å²) in [6.07, 6.45) is 8.39. The molecule has 5 nitrogen and oxygen atoms in total. The SMILES string of the molecule is CC(C)(C)c1ccc(C2(O)CC3(C)C(=C4CC=C5CC6(CCC5(C)C42)OCCO6)CCC32OCCO2)cc1. The van der Waals surface area contributed by atoms with Crippen LogP contribution in [0, 0.1) is 16.7 Å². The Labute approximate surface area is 227 Å². The average Bonchev–Trinajstić information content (AvgIpc) is 3.60. The molecule has 6 aliphatic rings. The third-order valence-corrected chi connectivity index (χ3v) is 11.3. The molecule has 0 bridgehead atoms. The van der Waals surface area contributed by atoms with Crippen molar-refractivity contribution in [3.63, 3.8) is 0 Å². The van der Waals surface area contributed by atoms with Crippen molar-refractivity contribution in [1.29, 1.82) is 0 Å². The highest BCUT2D eigenvalue weighted by atomic mass is 16.7. The minimum Gasteiger partial charge on any atom is -0.384 e. The van der Waals surface area contributed by atoms with Crippen LogP contribution in [0.4, 0.5) is 0 Å². The maximum atomic E-state index is 13.2. The molecule has 4 fully saturated rings. The Morgan fingerprint density at radius 3 is 2.18 bits per heavy atom. The van der Waals surface area contributed by atoms with Crippen molar-refractivity contribution < 1.29 is 24.1 Å². The number of aliphatic hydroxyl groups is 1. The van der Waals surface area contributed by atoms with Gasteiger partial charge in [-0.25, -0.2) is 0 Å². The van der Waals surface area contributed by atoms with Gasteiger partial charge in [0.2, 0.25) is 0 Å². The van der Waals surface area contributed by atoms with Crippen LogP contribution in [0.15, 0.2) is 47.1 Å². The molecule has 1 aromatic rings. The molecular formula is C33H44O5. The highest BCUT2D eigenvalue weighted by Crippen LogP contribution is 2.71. The Bertz CT molecular complexity index is 1190. The molecule has 2 saturated carbocycles. The van der Waals surface area contributed by atoms with Gasteiger partial charge in [-0.3, -0.25) is 0 Å². The molecule has 2 spiro atoms. The molecule has 0 amide bonds. The molecule has 2 aliphatic heterocycles. The van der Waals surface area contributed by atoms with E-state index in [1.54, 1.807) is 0 Å². The van der Waals surface area contributed by atoms with E-state index in [9.17, 15) is 5.11 Å². The zero-order valence-corrected chi connectivity index (χ0v) is 23.8. The van der Waals surface area contributed by atoms with Crippen molar-refractivity contribution >= 4 is 0 Å². The largest absolute Gasteiger partial charge is 0.384 e. The molecule has 5 heteroatoms. The van der Waals surface area contributed by atoms with Crippen LogP contribution in [0.2, 0.25) is 0 Å². The second kappa shape index (κ2) is 8.04. The third-order valence-electron chi connectivity index (χ3n) is 11.3. The van der Waals surface area contributed by atoms with Crippen molar-refractivity contribution in [2.45, 2.75) is 102 Å². The summed E-state index contributed by atoms with van der Waals surface area (Å²) >= 11 is 0. The molecule has 2 saturated heterocycles. The van der Waals surface area contributed by atoms with E-state index in [2.05, 4.69) is 65.0 Å². The molecule has 38 heavy (non-hydrogen) atoms. The fourth-order valence-corrected chi connectivity index (χ4v) is 9.33. The Hall–Kier alpha value is -1.50. The Morgan fingerprint density at radius 1 is 0.868 bits per heavy atom. The molecule has 206 valence electrons. The molecule has 7 rings (SSSR count). The standard InChI is InChI=1S/C33H44O5/c1-28(2,3)22-6-8-23(9-7-22)32(34)21-30(5)26(12-13-33(30)37-18-19-38-33)25-11-10-24-20-31(35-16-17-36-31)15-14-29(24,4)27(25)32/h6-10,27,34H,11-21H2,1-5H3. The van der Waals surface area contributed by atoms with Gasteiger partial charge in [0.1, 0.15) is 0 Å². The third kappa shape index (κ3) is 3.29. The van der Waals surface area contributed by atoms with E-state index in [4.69, 9.17) is 18.9 Å². The molecule has 4 atom stereocenters. The lowest BCUT2D eigenvalue weighted by atomic mass is 9.46. The predicted octanol–water partition coefficient (Wildman–Crippen LogP) is 6.29. The molecule has 0 aromatic heterocycles. The number of hydrogen-bond donors (Lipinski definition) is 1. The van der Waals surface area contributed by atoms with Crippen LogP contribution in [-0.2, 0) is 30.0 Å². The first-order valence-corrected chi connectivity index (χ1v) is 14.8. The van der Waals surface area contributed by atoms with Crippen LogP contribution in [0.5, 0.6) is 0 Å². The van der Waals surface area contributed by atoms with E-state index in [-0.39, 0.29) is 22.2 Å². The molecule has 4 unspecified atom stereocenters. The Balaban J connectivity index is 1.39. The fraction of sp³-hybridized carbons (Fsp3) is 0.697. The summed E-state index contributed by atoms with van der Waals surface area (Å²) in [5, 5.41) is 13.2. The molecule has 0 radical (unpaired) electrons. The van der Waals surface area contributed by atoms with Gasteiger partial charge in [-0.15, -0.1) is 0 Å². The highest BCUT2D eigenvalue weighted by molar-refractivity contribution is 5.48. The first-order valence-electron chi connectivity index (χ1n) is 14.8. The molecular weight excluding hydrogens is 476 g/mol. The number of allylic oxidation sites excluding steroid dienone is 1. The second-order valence-electron chi connectivity index (χ2n) is 14.3. The van der Waals surface area contributed by atoms with Crippen LogP contribution in [-0.4, -0.2) is 43.1 Å². The van der Waals surface area contributed by atoms with Crippen molar-refractivity contribution in [2.24, 2.45) is 16.7 Å². The summed E-state index contributed by atoms with van der Waals surface area (Å²) in [7, 11) is 0. The molecule has 2 heterocycles. The monoisotopic (exact) mass is 520 g/mol. The van der Waals surface area contributed by atoms with Crippen molar-refractivity contribution in [1.82, 2.24) is 0 Å². The summed E-state index contributed by atoms with van der Waals surface area (Å²) in [6.45, 7) is 14.0. The first-order chi connectivity index (χ1) is 18.0. The number of fused-ring (bicyclic) bond motifs is 5. The number of ether oxygens (including phenoxy) is 4. The van der Waals surface area contributed by atoms with Crippen molar-refractivity contribution in [3.05, 3.63) is 58.2 Å². The lowest BCUT2D eigenvalue weighted by Crippen LogP contribution is -2.59. The summed E-state index contributed by atoms with van der Waals surface area (Å²) in [5.41, 5.74) is 5.11. The average molecular weight is 521 g/mol. The van der Waals surface area contributed by atoms with Crippen LogP contribution in [0.25, 0.3) is 0 Å². The van der Waals surface area contributed by atoms with Crippen LogP contribution in [0.3, 0.4) is 0 Å². The lowest BCUT2D eigenvalue weighted by Gasteiger charge is -2.60. The Morgan fingerprint density at radius 2 is 1.53 bits per heavy atom. The van der Waals surface area contributed by atoms with E-state index in [1.165, 1.54) is 22.3 Å². The van der Waals surface area contributed by atoms with Gasteiger partial charge in [0.05, 0.1) is 32.0 Å². The minimum absolute atomic E-state index is 0.00821. The maximum Gasteiger partial charge on any atom is 0.177 e. The zero-order valence-electron chi connectivity index (χ0n) is 23.8. The maximum absolute atomic E-state index is 13.2. The normalized spacial score (nSPS) is 39.3. The van der Waals surface area contributed by atoms with Gasteiger partial charge in [0.15, 0.2) is 11.6 Å². The van der Waals surface area contributed by atoms with Gasteiger partial charge in [-0.05, 0) is 47.6 Å². The number of rotatable bonds is 1. The first kappa shape index (κ1) is 25.5. The summed E-state index contributed by atoms with van der Waals surface area (Å²) in [5.74, 6) is -1.10. The quantitative estimate of drug-likeness (QED) is 0.441. The van der Waals surface area contributed by atoms with Gasteiger partial charge >= 0.3 is 0 Å². The minimum atomic E-state index is -1.03. The van der Waals surface area contributed by atoms with Crippen molar-refractivity contribution in [3.8, 4) is 0 Å². The van der Waals surface area contributed by atoms with Gasteiger partial charge < -0.3 is 24.1 Å². The summed E-state index contributed by atoms with van der Waals surface area (Å²) in [4.78, 5) is 0. The van der Waals surface area contributed by atoms with E-state index in [0.29, 0.717) is 32.8 Å². The van der Waals surface area contributed by atoms with Crippen molar-refractivity contribution in [2.75, 3.05) is 26.4 Å². The van der Waals surface area contributed by atoms with E-state index < -0.39 is 17.2 Å². The molecule has 1 N–H and O–H groups in total. The number of hydrogen-bond acceptors (Lipinski definition) is 5. The second-order valence-corrected chi connectivity index (χ2v) is 14.3. The lowest BCUT2D eigenvalue weighted by molar-refractivity contribution is -0.236. The van der Waals surface area contributed by atoms with Crippen LogP contribution in [0.1, 0.15) is 90.7 Å². The Kier molecular flexibility index (Phi) is 5.39. The topological polar surface area (TPSA) is 57.2 Å². The van der Waals surface area contributed by atoms with Gasteiger partial charge in [0, 0.05) is 30.6 Å². The number of benzene rings is 1. The summed E-state index contributed by atoms with van der Waals surface area (Å²) < 4.78 is 25.2. The zero-order chi connectivity index (χ0) is 26.6. The van der Waals surface area contributed by atoms with Crippen LogP contribution >= 0.6 is 0 Å². The van der Waals surface area contributed by atoms with Crippen LogP contribution < -0.4 is 0 Å². The fourth-order valence-electron chi connectivity index (χ4n) is 9.33. The molecule has 4 aliphatic carbocycles. The van der Waals surface area contributed by atoms with Gasteiger partial charge in [-0.1, -0.05) is 81.7 Å².